The second-order valence-electron chi connectivity index (χ2n) is 11.1. The Hall–Kier alpha value is -4.98. The lowest BCUT2D eigenvalue weighted by Gasteiger charge is -2.37. The maximum Gasteiger partial charge on any atom is 0.322 e. The lowest BCUT2D eigenvalue weighted by atomic mass is 9.95. The molecule has 3 aliphatic rings. The lowest BCUT2D eigenvalue weighted by Crippen LogP contribution is -2.52. The van der Waals surface area contributed by atoms with Gasteiger partial charge in [0.25, 0.3) is 11.8 Å². The molecule has 1 aromatic carbocycles. The Bertz CT molecular complexity index is 1750. The van der Waals surface area contributed by atoms with Gasteiger partial charge in [-0.15, -0.1) is 0 Å². The summed E-state index contributed by atoms with van der Waals surface area (Å²) in [5, 5.41) is 11.9. The van der Waals surface area contributed by atoms with Gasteiger partial charge in [-0.25, -0.2) is 14.2 Å². The molecular formula is C29H29FN8O5. The number of aromatic nitrogens is 3. The quantitative estimate of drug-likeness (QED) is 0.277. The van der Waals surface area contributed by atoms with Crippen LogP contribution in [0.15, 0.2) is 47.1 Å². The molecule has 1 atom stereocenters. The zero-order valence-electron chi connectivity index (χ0n) is 23.5. The van der Waals surface area contributed by atoms with Crippen molar-refractivity contribution >= 4 is 40.5 Å². The molecule has 222 valence electrons. The molecule has 4 amide bonds. The highest BCUT2D eigenvalue weighted by Crippen LogP contribution is 2.37. The first kappa shape index (κ1) is 26.9. The van der Waals surface area contributed by atoms with Crippen molar-refractivity contribution in [3.05, 3.63) is 65.4 Å². The average molecular weight is 589 g/mol. The van der Waals surface area contributed by atoms with Gasteiger partial charge >= 0.3 is 6.03 Å². The zero-order chi connectivity index (χ0) is 29.9. The van der Waals surface area contributed by atoms with E-state index in [0.717, 1.165) is 31.6 Å². The van der Waals surface area contributed by atoms with Crippen LogP contribution in [0, 0.1) is 5.82 Å². The summed E-state index contributed by atoms with van der Waals surface area (Å²) in [5.41, 5.74) is 0.313. The molecule has 3 aromatic heterocycles. The van der Waals surface area contributed by atoms with Crippen LogP contribution in [0.4, 0.5) is 20.7 Å². The van der Waals surface area contributed by atoms with Crippen LogP contribution in [0.25, 0.3) is 11.1 Å². The number of imide groups is 1. The Labute approximate surface area is 245 Å². The number of hydrogen-bond donors (Lipinski definition) is 3. The van der Waals surface area contributed by atoms with Crippen LogP contribution in [-0.2, 0) is 16.9 Å². The molecule has 0 aliphatic carbocycles. The number of rotatable bonds is 7. The van der Waals surface area contributed by atoms with Crippen molar-refractivity contribution < 1.29 is 27.9 Å². The third kappa shape index (κ3) is 4.36. The van der Waals surface area contributed by atoms with E-state index in [1.807, 2.05) is 12.3 Å². The fourth-order valence-electron chi connectivity index (χ4n) is 6.24. The number of ether oxygens (including phenoxy) is 1. The van der Waals surface area contributed by atoms with E-state index in [0.29, 0.717) is 22.5 Å². The molecule has 0 radical (unpaired) electrons. The number of carbonyl (C=O) groups excluding carboxylic acids is 3. The Morgan fingerprint density at radius 2 is 2.00 bits per heavy atom. The number of benzene rings is 1. The number of hydrogen-bond acceptors (Lipinski definition) is 9. The number of carbonyl (C=O) groups is 3. The van der Waals surface area contributed by atoms with Crippen molar-refractivity contribution in [1.29, 1.82) is 0 Å². The zero-order valence-corrected chi connectivity index (χ0v) is 23.5. The lowest BCUT2D eigenvalue weighted by molar-refractivity contribution is -0.125. The molecule has 43 heavy (non-hydrogen) atoms. The van der Waals surface area contributed by atoms with E-state index < -0.39 is 29.2 Å². The van der Waals surface area contributed by atoms with Crippen molar-refractivity contribution in [2.75, 3.05) is 38.7 Å². The molecule has 14 heteroatoms. The molecule has 0 saturated carbocycles. The molecule has 3 N–H and O–H groups in total. The smallest absolute Gasteiger partial charge is 0.322 e. The Morgan fingerprint density at radius 3 is 2.70 bits per heavy atom. The topological polar surface area (TPSA) is 149 Å². The minimum atomic E-state index is -1.76. The van der Waals surface area contributed by atoms with E-state index in [2.05, 4.69) is 37.7 Å². The van der Waals surface area contributed by atoms with Crippen LogP contribution in [0.5, 0.6) is 5.75 Å². The van der Waals surface area contributed by atoms with Crippen molar-refractivity contribution in [3.8, 4) is 5.75 Å². The number of nitrogens with zero attached hydrogens (tertiary/aromatic N) is 5. The van der Waals surface area contributed by atoms with Gasteiger partial charge in [-0.1, -0.05) is 6.07 Å². The van der Waals surface area contributed by atoms with Crippen LogP contribution in [0.2, 0.25) is 0 Å². The highest BCUT2D eigenvalue weighted by atomic mass is 19.1. The van der Waals surface area contributed by atoms with Crippen molar-refractivity contribution in [2.24, 2.45) is 0 Å². The minimum absolute atomic E-state index is 0.0405. The number of amides is 4. The first-order chi connectivity index (χ1) is 20.8. The SMILES string of the molecule is COc1ccc2c(c1F)C(=O)N(CC1(c3cc4nc(N(c5cn[nH]c5)C5CCN(C)CC5)ccc4o3)NC(=O)NC1=O)C2. The number of likely N-dealkylation sites (tertiary alicyclic amines) is 1. The van der Waals surface area contributed by atoms with Crippen LogP contribution < -0.4 is 20.3 Å². The van der Waals surface area contributed by atoms with Gasteiger partial charge in [0.1, 0.15) is 17.1 Å². The molecule has 0 spiro atoms. The first-order valence-corrected chi connectivity index (χ1v) is 13.9. The summed E-state index contributed by atoms with van der Waals surface area (Å²) in [6.07, 6.45) is 5.45. The number of furan rings is 1. The van der Waals surface area contributed by atoms with E-state index in [1.54, 1.807) is 24.4 Å². The van der Waals surface area contributed by atoms with E-state index in [-0.39, 0.29) is 36.2 Å². The van der Waals surface area contributed by atoms with Gasteiger partial charge in [-0.3, -0.25) is 20.0 Å². The highest BCUT2D eigenvalue weighted by Gasteiger charge is 2.53. The van der Waals surface area contributed by atoms with Crippen LogP contribution in [0.1, 0.15) is 34.5 Å². The van der Waals surface area contributed by atoms with Crippen LogP contribution in [-0.4, -0.2) is 82.7 Å². The molecule has 1 unspecified atom stereocenters. The Kier molecular flexibility index (Phi) is 6.31. The molecule has 13 nitrogen and oxygen atoms in total. The van der Waals surface area contributed by atoms with Gasteiger partial charge in [0, 0.05) is 24.8 Å². The van der Waals surface area contributed by atoms with Crippen molar-refractivity contribution in [3.63, 3.8) is 0 Å². The fraction of sp³-hybridized carbons (Fsp3) is 0.345. The third-order valence-corrected chi connectivity index (χ3v) is 8.49. The molecule has 6 heterocycles. The number of methoxy groups -OCH3 is 1. The summed E-state index contributed by atoms with van der Waals surface area (Å²) in [5.74, 6) is -1.35. The molecule has 3 aliphatic heterocycles. The average Bonchev–Trinajstić information content (AvgIpc) is 3.78. The number of piperidine rings is 1. The predicted octanol–water partition coefficient (Wildman–Crippen LogP) is 2.62. The number of aromatic amines is 1. The van der Waals surface area contributed by atoms with Crippen LogP contribution in [0.3, 0.4) is 0 Å². The van der Waals surface area contributed by atoms with Gasteiger partial charge < -0.3 is 29.2 Å². The predicted molar refractivity (Wildman–Crippen MR) is 151 cm³/mol. The normalized spacial score (nSPS) is 20.9. The second kappa shape index (κ2) is 10.1. The largest absolute Gasteiger partial charge is 0.494 e. The number of nitrogens with one attached hydrogen (secondary N) is 3. The number of halogens is 1. The molecule has 4 aromatic rings. The summed E-state index contributed by atoms with van der Waals surface area (Å²) >= 11 is 0. The molecule has 7 rings (SSSR count). The number of anilines is 2. The fourth-order valence-corrected chi connectivity index (χ4v) is 6.24. The summed E-state index contributed by atoms with van der Waals surface area (Å²) in [7, 11) is 3.42. The maximum absolute atomic E-state index is 15.0. The van der Waals surface area contributed by atoms with Gasteiger partial charge in [-0.2, -0.15) is 5.10 Å². The number of H-pyrrole nitrogens is 1. The first-order valence-electron chi connectivity index (χ1n) is 13.9. The Morgan fingerprint density at radius 1 is 1.19 bits per heavy atom. The summed E-state index contributed by atoms with van der Waals surface area (Å²) in [6, 6.07) is 7.73. The summed E-state index contributed by atoms with van der Waals surface area (Å²) in [4.78, 5) is 49.8. The van der Waals surface area contributed by atoms with Crippen molar-refractivity contribution in [1.82, 2.24) is 35.6 Å². The molecular weight excluding hydrogens is 559 g/mol. The highest BCUT2D eigenvalue weighted by molar-refractivity contribution is 6.08. The number of urea groups is 1. The van der Waals surface area contributed by atoms with E-state index >= 15 is 4.39 Å². The maximum atomic E-state index is 15.0. The molecule has 0 bridgehead atoms. The molecule has 2 fully saturated rings. The minimum Gasteiger partial charge on any atom is -0.494 e. The van der Waals surface area contributed by atoms with E-state index in [9.17, 15) is 14.4 Å². The van der Waals surface area contributed by atoms with Gasteiger partial charge in [-0.05, 0) is 56.7 Å². The van der Waals surface area contributed by atoms with Gasteiger partial charge in [0.2, 0.25) is 0 Å². The summed E-state index contributed by atoms with van der Waals surface area (Å²) < 4.78 is 26.2. The van der Waals surface area contributed by atoms with Gasteiger partial charge in [0.05, 0.1) is 31.1 Å². The number of fused-ring (bicyclic) bond motifs is 2. The summed E-state index contributed by atoms with van der Waals surface area (Å²) in [6.45, 7) is 1.65. The van der Waals surface area contributed by atoms with E-state index in [4.69, 9.17) is 14.1 Å². The third-order valence-electron chi connectivity index (χ3n) is 8.49. The van der Waals surface area contributed by atoms with E-state index in [1.165, 1.54) is 18.1 Å². The number of pyridine rings is 1. The van der Waals surface area contributed by atoms with Gasteiger partial charge in [0.15, 0.2) is 22.7 Å². The Balaban J connectivity index is 1.24. The van der Waals surface area contributed by atoms with Crippen LogP contribution >= 0.6 is 0 Å². The standard InChI is InChI=1S/C29H29FN8O5/c1-36-9-7-17(8-10-36)38(18-12-31-32-13-18)23-6-5-20-19(33-23)11-22(43-20)29(27(40)34-28(41)35-29)15-37-14-16-3-4-21(42-2)25(30)24(16)26(37)39/h3-6,11-13,17H,7-10,14-15H2,1-2H3,(H,31,32)(H2,34,35,40,41). The van der Waals surface area contributed by atoms with Crippen molar-refractivity contribution in [2.45, 2.75) is 31.0 Å². The molecule has 2 saturated heterocycles. The second-order valence-corrected chi connectivity index (χ2v) is 11.1. The monoisotopic (exact) mass is 588 g/mol.